The third-order valence-corrected chi connectivity index (χ3v) is 6.09. The number of aromatic nitrogens is 1. The Morgan fingerprint density at radius 1 is 1.13 bits per heavy atom. The Kier molecular flexibility index (Phi) is 4.85. The Morgan fingerprint density at radius 2 is 2.00 bits per heavy atom. The van der Waals surface area contributed by atoms with E-state index in [1.54, 1.807) is 0 Å². The van der Waals surface area contributed by atoms with E-state index < -0.39 is 0 Å². The van der Waals surface area contributed by atoms with Crippen LogP contribution in [0.5, 0.6) is 5.75 Å². The van der Waals surface area contributed by atoms with Crippen molar-refractivity contribution in [1.29, 1.82) is 0 Å². The van der Waals surface area contributed by atoms with Crippen molar-refractivity contribution in [3.8, 4) is 16.9 Å². The molecule has 0 aliphatic carbocycles. The Hall–Kier alpha value is -3.40. The molecule has 1 aliphatic heterocycles. The van der Waals surface area contributed by atoms with Gasteiger partial charge in [0.2, 0.25) is 0 Å². The Labute approximate surface area is 181 Å². The fourth-order valence-corrected chi connectivity index (χ4v) is 4.70. The summed E-state index contributed by atoms with van der Waals surface area (Å²) in [4.78, 5) is 17.3. The molecule has 1 aromatic heterocycles. The number of ether oxygens (including phenoxy) is 2. The van der Waals surface area contributed by atoms with Gasteiger partial charge in [0.25, 0.3) is 0 Å². The average Bonchev–Trinajstić information content (AvgIpc) is 2.76. The lowest BCUT2D eigenvalue weighted by atomic mass is 9.86. The number of hydrogen-bond donors (Lipinski definition) is 0. The molecule has 4 nitrogen and oxygen atoms in total. The topological polar surface area (TPSA) is 48.4 Å². The largest absolute Gasteiger partial charge is 0.493 e. The van der Waals surface area contributed by atoms with Gasteiger partial charge >= 0.3 is 5.97 Å². The number of aryl methyl sites for hydroxylation is 2. The maximum absolute atomic E-state index is 12.5. The monoisotopic (exact) mass is 411 g/mol. The highest BCUT2D eigenvalue weighted by atomic mass is 16.5. The number of benzene rings is 3. The molecule has 0 bridgehead atoms. The number of carbonyl (C=O) groups is 1. The molecule has 3 aromatic carbocycles. The van der Waals surface area contributed by atoms with Gasteiger partial charge in [-0.25, -0.2) is 0 Å². The molecule has 1 aliphatic rings. The first-order valence-corrected chi connectivity index (χ1v) is 10.8. The van der Waals surface area contributed by atoms with Crippen molar-refractivity contribution >= 4 is 27.6 Å². The number of hydrogen-bond acceptors (Lipinski definition) is 4. The summed E-state index contributed by atoms with van der Waals surface area (Å²) in [7, 11) is 0. The summed E-state index contributed by atoms with van der Waals surface area (Å²) in [6, 6.07) is 14.8. The SMILES string of the molecule is CCOC(=O)Cc1c(C)cc2cc(C)ccc2c1-c1ccc2c3c(ccnc13)CCO2. The second-order valence-electron chi connectivity index (χ2n) is 8.16. The summed E-state index contributed by atoms with van der Waals surface area (Å²) in [5.41, 5.74) is 7.55. The quantitative estimate of drug-likeness (QED) is 0.404. The van der Waals surface area contributed by atoms with Crippen LogP contribution in [0.25, 0.3) is 32.8 Å². The molecule has 0 spiro atoms. The van der Waals surface area contributed by atoms with E-state index in [1.165, 1.54) is 11.1 Å². The summed E-state index contributed by atoms with van der Waals surface area (Å²) in [6.45, 7) is 7.07. The summed E-state index contributed by atoms with van der Waals surface area (Å²) in [5, 5.41) is 3.36. The van der Waals surface area contributed by atoms with Crippen LogP contribution in [0.15, 0.2) is 48.7 Å². The molecule has 0 amide bonds. The summed E-state index contributed by atoms with van der Waals surface area (Å²) >= 11 is 0. The van der Waals surface area contributed by atoms with Gasteiger partial charge in [0.15, 0.2) is 0 Å². The molecule has 0 unspecified atom stereocenters. The van der Waals surface area contributed by atoms with Gasteiger partial charge in [-0.2, -0.15) is 0 Å². The molecule has 0 saturated heterocycles. The smallest absolute Gasteiger partial charge is 0.310 e. The third kappa shape index (κ3) is 3.32. The lowest BCUT2D eigenvalue weighted by Gasteiger charge is -2.22. The van der Waals surface area contributed by atoms with Gasteiger partial charge in [-0.3, -0.25) is 9.78 Å². The first kappa shape index (κ1) is 19.6. The second-order valence-corrected chi connectivity index (χ2v) is 8.16. The standard InChI is InChI=1S/C27H25NO3/c1-4-30-24(29)15-22-17(3)14-19-13-16(2)5-6-20(19)26(22)21-7-8-23-25-18(10-12-31-23)9-11-28-27(21)25/h5-9,11,13-14H,4,10,12,15H2,1-3H3. The molecule has 5 rings (SSSR count). The minimum atomic E-state index is -0.211. The zero-order valence-electron chi connectivity index (χ0n) is 18.1. The van der Waals surface area contributed by atoms with Crippen LogP contribution < -0.4 is 4.74 Å². The molecular weight excluding hydrogens is 386 g/mol. The molecule has 31 heavy (non-hydrogen) atoms. The van der Waals surface area contributed by atoms with Crippen LogP contribution in [0.3, 0.4) is 0 Å². The normalized spacial score (nSPS) is 12.7. The zero-order valence-corrected chi connectivity index (χ0v) is 18.1. The van der Waals surface area contributed by atoms with Crippen LogP contribution in [0.2, 0.25) is 0 Å². The molecule has 0 N–H and O–H groups in total. The Balaban J connectivity index is 1.86. The first-order valence-electron chi connectivity index (χ1n) is 10.8. The van der Waals surface area contributed by atoms with Gasteiger partial charge < -0.3 is 9.47 Å². The predicted molar refractivity (Wildman–Crippen MR) is 124 cm³/mol. The second kappa shape index (κ2) is 7.69. The molecule has 0 fully saturated rings. The van der Waals surface area contributed by atoms with E-state index in [0.717, 1.165) is 56.1 Å². The van der Waals surface area contributed by atoms with Gasteiger partial charge in [-0.05, 0) is 72.0 Å². The summed E-state index contributed by atoms with van der Waals surface area (Å²) in [6.07, 6.45) is 2.99. The van der Waals surface area contributed by atoms with Crippen LogP contribution in [-0.2, 0) is 22.4 Å². The van der Waals surface area contributed by atoms with E-state index in [4.69, 9.17) is 14.5 Å². The third-order valence-electron chi connectivity index (χ3n) is 6.09. The van der Waals surface area contributed by atoms with Crippen molar-refractivity contribution in [1.82, 2.24) is 4.98 Å². The average molecular weight is 412 g/mol. The number of pyridine rings is 1. The molecule has 156 valence electrons. The fraction of sp³-hybridized carbons (Fsp3) is 0.259. The van der Waals surface area contributed by atoms with Crippen molar-refractivity contribution in [2.75, 3.05) is 13.2 Å². The van der Waals surface area contributed by atoms with E-state index in [1.807, 2.05) is 19.2 Å². The fourth-order valence-electron chi connectivity index (χ4n) is 4.70. The van der Waals surface area contributed by atoms with Crippen LogP contribution >= 0.6 is 0 Å². The predicted octanol–water partition coefficient (Wildman–Crippen LogP) is 5.71. The van der Waals surface area contributed by atoms with Gasteiger partial charge in [-0.1, -0.05) is 29.8 Å². The van der Waals surface area contributed by atoms with Crippen LogP contribution in [0.1, 0.15) is 29.2 Å². The highest BCUT2D eigenvalue weighted by Gasteiger charge is 2.22. The molecule has 0 radical (unpaired) electrons. The molecule has 0 atom stereocenters. The molecular formula is C27H25NO3. The van der Waals surface area contributed by atoms with Crippen molar-refractivity contribution in [3.63, 3.8) is 0 Å². The lowest BCUT2D eigenvalue weighted by molar-refractivity contribution is -0.142. The van der Waals surface area contributed by atoms with E-state index in [9.17, 15) is 4.79 Å². The maximum Gasteiger partial charge on any atom is 0.310 e. The molecule has 2 heterocycles. The maximum atomic E-state index is 12.5. The minimum absolute atomic E-state index is 0.211. The van der Waals surface area contributed by atoms with Crippen LogP contribution in [-0.4, -0.2) is 24.2 Å². The zero-order chi connectivity index (χ0) is 21.5. The van der Waals surface area contributed by atoms with Gasteiger partial charge in [-0.15, -0.1) is 0 Å². The van der Waals surface area contributed by atoms with Crippen molar-refractivity contribution in [3.05, 3.63) is 70.9 Å². The summed E-state index contributed by atoms with van der Waals surface area (Å²) in [5.74, 6) is 0.671. The molecule has 4 heteroatoms. The number of nitrogens with zero attached hydrogens (tertiary/aromatic N) is 1. The van der Waals surface area contributed by atoms with E-state index in [2.05, 4.69) is 50.2 Å². The van der Waals surface area contributed by atoms with Crippen LogP contribution in [0, 0.1) is 13.8 Å². The van der Waals surface area contributed by atoms with Gasteiger partial charge in [0.1, 0.15) is 5.75 Å². The molecule has 4 aromatic rings. The van der Waals surface area contributed by atoms with Crippen molar-refractivity contribution < 1.29 is 14.3 Å². The molecule has 0 saturated carbocycles. The summed E-state index contributed by atoms with van der Waals surface area (Å²) < 4.78 is 11.2. The van der Waals surface area contributed by atoms with E-state index in [0.29, 0.717) is 13.2 Å². The number of fused-ring (bicyclic) bond motifs is 1. The first-order chi connectivity index (χ1) is 15.1. The number of rotatable bonds is 4. The van der Waals surface area contributed by atoms with E-state index in [-0.39, 0.29) is 12.4 Å². The Morgan fingerprint density at radius 3 is 2.84 bits per heavy atom. The lowest BCUT2D eigenvalue weighted by Crippen LogP contribution is -2.11. The Bertz CT molecular complexity index is 1330. The minimum Gasteiger partial charge on any atom is -0.493 e. The van der Waals surface area contributed by atoms with Gasteiger partial charge in [0, 0.05) is 23.6 Å². The van der Waals surface area contributed by atoms with E-state index >= 15 is 0 Å². The highest BCUT2D eigenvalue weighted by molar-refractivity contribution is 6.08. The van der Waals surface area contributed by atoms with Crippen LogP contribution in [0.4, 0.5) is 0 Å². The van der Waals surface area contributed by atoms with Crippen molar-refractivity contribution in [2.24, 2.45) is 0 Å². The highest BCUT2D eigenvalue weighted by Crippen LogP contribution is 2.42. The van der Waals surface area contributed by atoms with Crippen molar-refractivity contribution in [2.45, 2.75) is 33.6 Å². The number of carbonyl (C=O) groups excluding carboxylic acids is 1. The number of esters is 1. The van der Waals surface area contributed by atoms with Gasteiger partial charge in [0.05, 0.1) is 25.2 Å².